The molecule has 24 nitrogen and oxygen atoms in total. The highest BCUT2D eigenvalue weighted by atomic mass is 19.2. The Morgan fingerprint density at radius 2 is 0.736 bits per heavy atom. The lowest BCUT2D eigenvalue weighted by Gasteiger charge is -2.43. The van der Waals surface area contributed by atoms with Gasteiger partial charge < -0.3 is 77.5 Å². The summed E-state index contributed by atoms with van der Waals surface area (Å²) in [5.41, 5.74) is -1.42. The van der Waals surface area contributed by atoms with E-state index in [0.29, 0.717) is 64.0 Å². The molecule has 0 spiro atoms. The van der Waals surface area contributed by atoms with E-state index in [-0.39, 0.29) is 187 Å². The minimum atomic E-state index is -2.44. The number of nitrogens with one attached hydrogen (secondary N) is 3. The number of hydrogen-bond acceptors (Lipinski definition) is 21. The maximum absolute atomic E-state index is 14.4. The highest BCUT2D eigenvalue weighted by molar-refractivity contribution is 5.79. The molecule has 0 aromatic heterocycles. The van der Waals surface area contributed by atoms with Crippen LogP contribution in [0.25, 0.3) is 0 Å². The summed E-state index contributed by atoms with van der Waals surface area (Å²) in [5, 5.41) is 8.73. The van der Waals surface area contributed by atoms with E-state index in [1.165, 1.54) is 20.8 Å². The van der Waals surface area contributed by atoms with Crippen molar-refractivity contribution in [3.63, 3.8) is 0 Å². The molecular weight excluding hydrogens is 1400 g/mol. The Kier molecular flexibility index (Phi) is 44.1. The fourth-order valence-corrected chi connectivity index (χ4v) is 13.0. The second-order valence-corrected chi connectivity index (χ2v) is 29.2. The van der Waals surface area contributed by atoms with Crippen LogP contribution in [0.4, 0.5) is 22.0 Å². The Bertz CT molecular complexity index is 2710. The molecule has 4 rings (SSSR count). The van der Waals surface area contributed by atoms with E-state index in [0.717, 1.165) is 70.6 Å². The van der Waals surface area contributed by atoms with Crippen LogP contribution in [-0.4, -0.2) is 182 Å². The molecule has 0 bridgehead atoms. The lowest BCUT2D eigenvalue weighted by molar-refractivity contribution is -0.255. The lowest BCUT2D eigenvalue weighted by Crippen LogP contribution is -2.56. The summed E-state index contributed by atoms with van der Waals surface area (Å²) in [7, 11) is 0. The molecule has 3 aliphatic rings. The lowest BCUT2D eigenvalue weighted by atomic mass is 9.79. The predicted octanol–water partition coefficient (Wildman–Crippen LogP) is 11.8. The molecule has 3 amide bonds. The van der Waals surface area contributed by atoms with E-state index >= 15 is 0 Å². The van der Waals surface area contributed by atoms with E-state index in [1.807, 2.05) is 0 Å². The van der Waals surface area contributed by atoms with E-state index in [1.54, 1.807) is 0 Å². The number of unbranched alkanes of at least 4 members (excludes halogenated alkanes) is 10. The van der Waals surface area contributed by atoms with Gasteiger partial charge in [0.2, 0.25) is 52.6 Å². The third kappa shape index (κ3) is 33.8. The first kappa shape index (κ1) is 92.9. The summed E-state index contributed by atoms with van der Waals surface area (Å²) < 4.78 is 146. The van der Waals surface area contributed by atoms with E-state index in [2.05, 4.69) is 83.0 Å². The minimum Gasteiger partial charge on any atom is -0.463 e. The van der Waals surface area contributed by atoms with Crippen molar-refractivity contribution in [2.45, 2.75) is 261 Å². The monoisotopic (exact) mass is 1520 g/mol. The first-order valence-corrected chi connectivity index (χ1v) is 38.5. The Labute approximate surface area is 624 Å². The summed E-state index contributed by atoms with van der Waals surface area (Å²) in [5.74, 6) is -15.4. The highest BCUT2D eigenvalue weighted by Gasteiger charge is 2.43. The number of Topliss-reactive ketones (excluding diaryl/α,β-unsaturated/α-hetero) is 1. The smallest absolute Gasteiger partial charge is 0.311 e. The zero-order chi connectivity index (χ0) is 78.3. The summed E-state index contributed by atoms with van der Waals surface area (Å²) in [6.45, 7) is 25.1. The van der Waals surface area contributed by atoms with Crippen LogP contribution in [0.3, 0.4) is 0 Å². The van der Waals surface area contributed by atoms with E-state index in [4.69, 9.17) is 56.8 Å². The van der Waals surface area contributed by atoms with Gasteiger partial charge in [0.25, 0.3) is 0 Å². The van der Waals surface area contributed by atoms with Gasteiger partial charge in [-0.3, -0.25) is 38.4 Å². The van der Waals surface area contributed by atoms with Gasteiger partial charge in [-0.1, -0.05) is 107 Å². The minimum absolute atomic E-state index is 0.00172. The van der Waals surface area contributed by atoms with Crippen molar-refractivity contribution in [3.05, 3.63) is 29.1 Å². The van der Waals surface area contributed by atoms with Gasteiger partial charge in [0.1, 0.15) is 25.6 Å². The Balaban J connectivity index is 1.32. The number of carbonyl (C=O) groups excluding carboxylic acids is 8. The summed E-state index contributed by atoms with van der Waals surface area (Å²) in [6.07, 6.45) is 7.08. The number of carbonyl (C=O) groups is 8. The molecule has 3 aliphatic heterocycles. The van der Waals surface area contributed by atoms with Gasteiger partial charge >= 0.3 is 23.9 Å². The van der Waals surface area contributed by atoms with Gasteiger partial charge in [-0.05, 0) is 86.9 Å². The molecule has 0 aliphatic carbocycles. The maximum Gasteiger partial charge on any atom is 0.311 e. The molecule has 29 heteroatoms. The average Bonchev–Trinajstić information content (AvgIpc) is 0.806. The van der Waals surface area contributed by atoms with Crippen molar-refractivity contribution >= 4 is 47.4 Å². The number of benzene rings is 1. The van der Waals surface area contributed by atoms with Crippen LogP contribution in [0.15, 0.2) is 0 Å². The van der Waals surface area contributed by atoms with Crippen LogP contribution in [-0.2, 0) is 95.2 Å². The number of rotatable bonds is 53. The van der Waals surface area contributed by atoms with Gasteiger partial charge in [-0.15, -0.1) is 0 Å². The number of hydrogen-bond donors (Lipinski definition) is 3. The zero-order valence-electron chi connectivity index (χ0n) is 64.9. The van der Waals surface area contributed by atoms with Crippen molar-refractivity contribution in [1.29, 1.82) is 0 Å². The van der Waals surface area contributed by atoms with Crippen LogP contribution in [0.5, 0.6) is 5.75 Å². The first-order chi connectivity index (χ1) is 50.5. The predicted molar refractivity (Wildman–Crippen MR) is 379 cm³/mol. The Hall–Kier alpha value is -5.53. The number of ketones is 1. The molecule has 0 saturated carbocycles. The van der Waals surface area contributed by atoms with Gasteiger partial charge in [0.05, 0.1) is 56.9 Å². The normalized spacial score (nSPS) is 25.0. The van der Waals surface area contributed by atoms with Gasteiger partial charge in [-0.25, -0.2) is 13.2 Å². The molecule has 608 valence electrons. The summed E-state index contributed by atoms with van der Waals surface area (Å²) in [6, 6.07) is 0. The molecule has 106 heavy (non-hydrogen) atoms. The van der Waals surface area contributed by atoms with Crippen molar-refractivity contribution in [3.8, 4) is 5.75 Å². The molecule has 16 atom stereocenters. The molecule has 3 fully saturated rings. The van der Waals surface area contributed by atoms with Gasteiger partial charge in [0, 0.05) is 117 Å². The molecule has 3 heterocycles. The third-order valence-electron chi connectivity index (χ3n) is 21.1. The average molecular weight is 1520 g/mol. The van der Waals surface area contributed by atoms with Crippen molar-refractivity contribution in [2.75, 3.05) is 92.4 Å². The Morgan fingerprint density at radius 3 is 1.15 bits per heavy atom. The molecule has 7 unspecified atom stereocenters. The molecule has 1 aromatic rings. The topological polar surface area (TPSA) is 293 Å². The molecule has 1 aromatic carbocycles. The van der Waals surface area contributed by atoms with Crippen molar-refractivity contribution in [2.24, 2.45) is 53.3 Å². The molecule has 3 N–H and O–H groups in total. The molecule has 0 radical (unpaired) electrons. The third-order valence-corrected chi connectivity index (χ3v) is 21.1. The summed E-state index contributed by atoms with van der Waals surface area (Å²) in [4.78, 5) is 100. The number of esters is 4. The van der Waals surface area contributed by atoms with Gasteiger partial charge in [0.15, 0.2) is 18.9 Å². The highest BCUT2D eigenvalue weighted by Crippen LogP contribution is 2.39. The maximum atomic E-state index is 14.4. The fourth-order valence-electron chi connectivity index (χ4n) is 13.0. The fraction of sp³-hybridized carbons (Fsp3) is 0.818. The zero-order valence-corrected chi connectivity index (χ0v) is 64.9. The molecular formula is C77H124F5N3O21. The number of ether oxygens (including phenoxy) is 13. The number of amides is 3. The first-order valence-electron chi connectivity index (χ1n) is 38.5. The van der Waals surface area contributed by atoms with Gasteiger partial charge in [-0.2, -0.15) is 8.78 Å². The van der Waals surface area contributed by atoms with Crippen LogP contribution in [0.1, 0.15) is 218 Å². The van der Waals surface area contributed by atoms with Crippen LogP contribution in [0.2, 0.25) is 0 Å². The SMILES string of the molecule is CC(=O)OCC1O[C@@H](OCCCCCCCC(=O)CCOCC(CCOCCC(=O)NCCCCCCO[C@@H]2OC(COC(C)=O)[C@H](C)[C@H](C)C2C)(COCCC(=O)NCCCCCCO[C@@H]2OC(COC(C)=O)[C@H](C)[C@H](C)C2C)NC(=O)CCCC(=O)Oc2c(F)c(F)c(F)c(F)c2F)C(C)[C@@H](C)[C@H]1C. The van der Waals surface area contributed by atoms with Crippen LogP contribution < -0.4 is 20.7 Å². The second kappa shape index (κ2) is 50.3. The van der Waals surface area contributed by atoms with E-state index in [9.17, 15) is 60.3 Å². The number of halogens is 5. The Morgan fingerprint density at radius 1 is 0.368 bits per heavy atom. The molecule has 3 saturated heterocycles. The quantitative estimate of drug-likeness (QED) is 0.0104. The van der Waals surface area contributed by atoms with E-state index < -0.39 is 84.0 Å². The van der Waals surface area contributed by atoms with Crippen molar-refractivity contribution in [1.82, 2.24) is 16.0 Å². The van der Waals surface area contributed by atoms with Crippen LogP contribution in [0, 0.1) is 82.3 Å². The standard InChI is InChI=1S/C77H124F5N3O21/c1-48-51(4)61(43-100-57(10)86)103-74(54(48)7)97-36-23-17-13-14-20-27-60(89)30-39-95-46-77(85-66(92)28-26-29-67(93)106-73-71(81)69(79)68(78)70(80)72(73)82,47-96-41-32-65(91)84-35-22-16-19-25-38-99-76-56(9)50(3)53(6)63(105-76)45-102-59(12)88)33-42-94-40-31-64(90)83-34-21-15-18-24-37-98-75-55(8)49(2)52(5)62(104-75)44-101-58(11)87/h48-56,61-63,74-76H,13-47H2,1-12H3,(H,83,90)(H,84,91)(H,85,92)/t48-,49-,50-,51+,52+,53+,54?,55?,56?,61?,62?,63?,74+,75+,76+,77?/m0/s1. The van der Waals surface area contributed by atoms with Crippen molar-refractivity contribution < 1.29 is 122 Å². The summed E-state index contributed by atoms with van der Waals surface area (Å²) >= 11 is 0. The largest absolute Gasteiger partial charge is 0.463 e. The second-order valence-electron chi connectivity index (χ2n) is 29.2. The van der Waals surface area contributed by atoms with Crippen LogP contribution >= 0.6 is 0 Å².